The Labute approximate surface area is 118 Å². The number of carbonyl (C=O) groups excluding carboxylic acids is 1. The molecule has 4 heteroatoms. The van der Waals surface area contributed by atoms with Crippen LogP contribution in [0.5, 0.6) is 5.75 Å². The molecule has 4 nitrogen and oxygen atoms in total. The first-order chi connectivity index (χ1) is 9.56. The molecule has 0 spiro atoms. The topological polar surface area (TPSA) is 64.3 Å². The Morgan fingerprint density at radius 3 is 2.55 bits per heavy atom. The Balaban J connectivity index is 2.01. The maximum atomic E-state index is 12.1. The summed E-state index contributed by atoms with van der Waals surface area (Å²) in [5, 5.41) is 2.84. The molecule has 0 saturated carbocycles. The fraction of sp³-hybridized carbons (Fsp3) is 0.188. The van der Waals surface area contributed by atoms with E-state index in [-0.39, 0.29) is 5.91 Å². The molecule has 0 bridgehead atoms. The molecule has 104 valence electrons. The minimum absolute atomic E-state index is 0.193. The number of nitrogens with two attached hydrogens (primary N) is 1. The third-order valence-electron chi connectivity index (χ3n) is 2.93. The number of nitrogens with one attached hydrogen (secondary N) is 1. The van der Waals surface area contributed by atoms with Gasteiger partial charge in [-0.15, -0.1) is 0 Å². The fourth-order valence-corrected chi connectivity index (χ4v) is 1.82. The first-order valence-corrected chi connectivity index (χ1v) is 6.45. The lowest BCUT2D eigenvalue weighted by Gasteiger charge is -2.15. The molecule has 0 unspecified atom stereocenters. The van der Waals surface area contributed by atoms with Crippen molar-refractivity contribution in [2.75, 3.05) is 11.1 Å². The summed E-state index contributed by atoms with van der Waals surface area (Å²) in [6.07, 6.45) is -0.575. The second kappa shape index (κ2) is 6.10. The molecule has 0 aliphatic rings. The van der Waals surface area contributed by atoms with Gasteiger partial charge in [-0.05, 0) is 49.7 Å². The van der Waals surface area contributed by atoms with Crippen molar-refractivity contribution in [1.29, 1.82) is 0 Å². The molecule has 0 radical (unpaired) electrons. The van der Waals surface area contributed by atoms with Crippen molar-refractivity contribution >= 4 is 17.3 Å². The Kier molecular flexibility index (Phi) is 4.25. The second-order valence-electron chi connectivity index (χ2n) is 4.64. The first kappa shape index (κ1) is 13.9. The van der Waals surface area contributed by atoms with Crippen molar-refractivity contribution in [3.8, 4) is 5.75 Å². The summed E-state index contributed by atoms with van der Waals surface area (Å²) >= 11 is 0. The number of anilines is 2. The van der Waals surface area contributed by atoms with E-state index in [2.05, 4.69) is 5.32 Å². The Hall–Kier alpha value is -2.49. The van der Waals surface area contributed by atoms with Gasteiger partial charge >= 0.3 is 0 Å². The van der Waals surface area contributed by atoms with Crippen molar-refractivity contribution in [2.24, 2.45) is 0 Å². The van der Waals surface area contributed by atoms with Crippen LogP contribution < -0.4 is 15.8 Å². The standard InChI is InChI=1S/C16H18N2O2/c1-11-10-13(17)8-9-15(11)18-16(19)12(2)20-14-6-4-3-5-7-14/h3-10,12H,17H2,1-2H3,(H,18,19)/t12-/m1/s1. The maximum absolute atomic E-state index is 12.1. The van der Waals surface area contributed by atoms with Crippen LogP contribution in [0.4, 0.5) is 11.4 Å². The SMILES string of the molecule is Cc1cc(N)ccc1NC(=O)[C@@H](C)Oc1ccccc1. The Morgan fingerprint density at radius 2 is 1.90 bits per heavy atom. The monoisotopic (exact) mass is 270 g/mol. The zero-order valence-corrected chi connectivity index (χ0v) is 11.6. The number of aryl methyl sites for hydroxylation is 1. The normalized spacial score (nSPS) is 11.7. The van der Waals surface area contributed by atoms with Gasteiger partial charge in [0.25, 0.3) is 5.91 Å². The highest BCUT2D eigenvalue weighted by Crippen LogP contribution is 2.18. The quantitative estimate of drug-likeness (QED) is 0.839. The Bertz CT molecular complexity index is 597. The molecule has 2 aromatic rings. The molecule has 2 aromatic carbocycles. The van der Waals surface area contributed by atoms with E-state index in [4.69, 9.17) is 10.5 Å². The number of hydrogen-bond donors (Lipinski definition) is 2. The average Bonchev–Trinajstić information content (AvgIpc) is 2.43. The van der Waals surface area contributed by atoms with Gasteiger partial charge in [-0.2, -0.15) is 0 Å². The predicted molar refractivity (Wildman–Crippen MR) is 80.8 cm³/mol. The Morgan fingerprint density at radius 1 is 1.20 bits per heavy atom. The summed E-state index contributed by atoms with van der Waals surface area (Å²) < 4.78 is 5.58. The van der Waals surface area contributed by atoms with Crippen LogP contribution in [0.1, 0.15) is 12.5 Å². The zero-order chi connectivity index (χ0) is 14.5. The van der Waals surface area contributed by atoms with E-state index in [0.29, 0.717) is 11.4 Å². The van der Waals surface area contributed by atoms with Crippen molar-refractivity contribution in [3.63, 3.8) is 0 Å². The number of benzene rings is 2. The van der Waals surface area contributed by atoms with Crippen LogP contribution in [-0.2, 0) is 4.79 Å². The number of ether oxygens (including phenoxy) is 1. The number of hydrogen-bond acceptors (Lipinski definition) is 3. The number of carbonyl (C=O) groups is 1. The summed E-state index contributed by atoms with van der Waals surface area (Å²) in [5.41, 5.74) is 8.02. The molecule has 0 aliphatic heterocycles. The van der Waals surface area contributed by atoms with Crippen molar-refractivity contribution in [1.82, 2.24) is 0 Å². The number of nitrogen functional groups attached to an aromatic ring is 1. The van der Waals surface area contributed by atoms with Gasteiger partial charge in [-0.3, -0.25) is 4.79 Å². The minimum atomic E-state index is -0.575. The molecule has 0 aliphatic carbocycles. The van der Waals surface area contributed by atoms with Gasteiger partial charge in [-0.1, -0.05) is 18.2 Å². The third kappa shape index (κ3) is 3.51. The number of amides is 1. The smallest absolute Gasteiger partial charge is 0.265 e. The lowest BCUT2D eigenvalue weighted by Crippen LogP contribution is -2.30. The number of para-hydroxylation sites is 1. The molecule has 3 N–H and O–H groups in total. The summed E-state index contributed by atoms with van der Waals surface area (Å²) in [6.45, 7) is 3.61. The van der Waals surface area contributed by atoms with E-state index in [1.807, 2.05) is 43.3 Å². The van der Waals surface area contributed by atoms with E-state index in [1.165, 1.54) is 0 Å². The molecule has 0 fully saturated rings. The van der Waals surface area contributed by atoms with Gasteiger partial charge < -0.3 is 15.8 Å². The van der Waals surface area contributed by atoms with Crippen LogP contribution in [0, 0.1) is 6.92 Å². The average molecular weight is 270 g/mol. The van der Waals surface area contributed by atoms with Gasteiger partial charge in [0.05, 0.1) is 0 Å². The van der Waals surface area contributed by atoms with Crippen LogP contribution in [0.3, 0.4) is 0 Å². The molecule has 0 saturated heterocycles. The van der Waals surface area contributed by atoms with E-state index in [1.54, 1.807) is 19.1 Å². The number of rotatable bonds is 4. The lowest BCUT2D eigenvalue weighted by atomic mass is 10.1. The van der Waals surface area contributed by atoms with Crippen LogP contribution in [0.15, 0.2) is 48.5 Å². The third-order valence-corrected chi connectivity index (χ3v) is 2.93. The summed E-state index contributed by atoms with van der Waals surface area (Å²) in [6, 6.07) is 14.6. The maximum Gasteiger partial charge on any atom is 0.265 e. The van der Waals surface area contributed by atoms with Gasteiger partial charge in [0.2, 0.25) is 0 Å². The molecule has 0 aromatic heterocycles. The highest BCUT2D eigenvalue weighted by atomic mass is 16.5. The predicted octanol–water partition coefficient (Wildman–Crippen LogP) is 2.98. The highest BCUT2D eigenvalue weighted by molar-refractivity contribution is 5.94. The van der Waals surface area contributed by atoms with Crippen molar-refractivity contribution in [3.05, 3.63) is 54.1 Å². The van der Waals surface area contributed by atoms with E-state index in [9.17, 15) is 4.79 Å². The second-order valence-corrected chi connectivity index (χ2v) is 4.64. The van der Waals surface area contributed by atoms with E-state index < -0.39 is 6.10 Å². The lowest BCUT2D eigenvalue weighted by molar-refractivity contribution is -0.122. The first-order valence-electron chi connectivity index (χ1n) is 6.45. The molecule has 2 rings (SSSR count). The summed E-state index contributed by atoms with van der Waals surface area (Å²) in [7, 11) is 0. The summed E-state index contributed by atoms with van der Waals surface area (Å²) in [4.78, 5) is 12.1. The largest absolute Gasteiger partial charge is 0.481 e. The molecule has 20 heavy (non-hydrogen) atoms. The molecular formula is C16H18N2O2. The van der Waals surface area contributed by atoms with Crippen LogP contribution in [0.2, 0.25) is 0 Å². The molecule has 1 amide bonds. The van der Waals surface area contributed by atoms with Crippen molar-refractivity contribution < 1.29 is 9.53 Å². The van der Waals surface area contributed by atoms with Crippen molar-refractivity contribution in [2.45, 2.75) is 20.0 Å². The zero-order valence-electron chi connectivity index (χ0n) is 11.6. The van der Waals surface area contributed by atoms with E-state index in [0.717, 1.165) is 11.3 Å². The molecule has 0 heterocycles. The van der Waals surface area contributed by atoms with Gasteiger partial charge in [0.1, 0.15) is 5.75 Å². The van der Waals surface area contributed by atoms with Crippen LogP contribution in [0.25, 0.3) is 0 Å². The fourth-order valence-electron chi connectivity index (χ4n) is 1.82. The summed E-state index contributed by atoms with van der Waals surface area (Å²) in [5.74, 6) is 0.478. The molecule has 1 atom stereocenters. The van der Waals surface area contributed by atoms with Crippen LogP contribution >= 0.6 is 0 Å². The van der Waals surface area contributed by atoms with Crippen LogP contribution in [-0.4, -0.2) is 12.0 Å². The molecular weight excluding hydrogens is 252 g/mol. The minimum Gasteiger partial charge on any atom is -0.481 e. The van der Waals surface area contributed by atoms with Gasteiger partial charge in [0.15, 0.2) is 6.10 Å². The van der Waals surface area contributed by atoms with Gasteiger partial charge in [-0.25, -0.2) is 0 Å². The van der Waals surface area contributed by atoms with E-state index >= 15 is 0 Å². The highest BCUT2D eigenvalue weighted by Gasteiger charge is 2.15. The van der Waals surface area contributed by atoms with Gasteiger partial charge in [0, 0.05) is 11.4 Å².